The standard InChI is InChI=1S/C16H24N2O2/c1-6-20-15(19-5)10-18-11-17-13-9-12(16(2,3)4)7-8-14(13)18/h7-9,11,15H,6,10H2,1-5H3. The molecule has 0 saturated carbocycles. The van der Waals surface area contributed by atoms with E-state index in [4.69, 9.17) is 9.47 Å². The SMILES string of the molecule is CCOC(Cn1cnc2cc(C(C)(C)C)ccc21)OC. The molecule has 1 aromatic carbocycles. The van der Waals surface area contributed by atoms with E-state index in [1.165, 1.54) is 5.56 Å². The normalized spacial score (nSPS) is 13.8. The van der Waals surface area contributed by atoms with E-state index in [1.54, 1.807) is 7.11 Å². The van der Waals surface area contributed by atoms with E-state index in [2.05, 4.69) is 48.5 Å². The average molecular weight is 276 g/mol. The maximum Gasteiger partial charge on any atom is 0.174 e. The van der Waals surface area contributed by atoms with Crippen molar-refractivity contribution < 1.29 is 9.47 Å². The zero-order valence-corrected chi connectivity index (χ0v) is 13.0. The fourth-order valence-corrected chi connectivity index (χ4v) is 2.22. The first-order valence-corrected chi connectivity index (χ1v) is 7.05. The van der Waals surface area contributed by atoms with Gasteiger partial charge in [-0.2, -0.15) is 0 Å². The van der Waals surface area contributed by atoms with Crippen LogP contribution in [-0.2, 0) is 21.4 Å². The summed E-state index contributed by atoms with van der Waals surface area (Å²) in [6.07, 6.45) is 1.61. The third-order valence-electron chi connectivity index (χ3n) is 3.45. The van der Waals surface area contributed by atoms with Crippen molar-refractivity contribution in [3.63, 3.8) is 0 Å². The second kappa shape index (κ2) is 5.94. The predicted molar refractivity (Wildman–Crippen MR) is 80.9 cm³/mol. The van der Waals surface area contributed by atoms with E-state index < -0.39 is 0 Å². The molecule has 1 aromatic heterocycles. The summed E-state index contributed by atoms with van der Waals surface area (Å²) in [6.45, 7) is 9.88. The molecule has 2 aromatic rings. The molecule has 0 N–H and O–H groups in total. The monoisotopic (exact) mass is 276 g/mol. The molecule has 1 heterocycles. The zero-order chi connectivity index (χ0) is 14.8. The first-order valence-electron chi connectivity index (χ1n) is 7.05. The predicted octanol–water partition coefficient (Wildman–Crippen LogP) is 3.34. The van der Waals surface area contributed by atoms with Crippen molar-refractivity contribution in [3.05, 3.63) is 30.1 Å². The van der Waals surface area contributed by atoms with Gasteiger partial charge in [0.15, 0.2) is 6.29 Å². The molecule has 0 bridgehead atoms. The lowest BCUT2D eigenvalue weighted by atomic mass is 9.87. The molecular weight excluding hydrogens is 252 g/mol. The maximum absolute atomic E-state index is 5.52. The van der Waals surface area contributed by atoms with Crippen molar-refractivity contribution >= 4 is 11.0 Å². The molecule has 2 rings (SSSR count). The largest absolute Gasteiger partial charge is 0.354 e. The van der Waals surface area contributed by atoms with Gasteiger partial charge >= 0.3 is 0 Å². The molecule has 4 heteroatoms. The highest BCUT2D eigenvalue weighted by atomic mass is 16.7. The van der Waals surface area contributed by atoms with Crippen molar-refractivity contribution in [2.24, 2.45) is 0 Å². The zero-order valence-electron chi connectivity index (χ0n) is 13.0. The minimum atomic E-state index is -0.236. The van der Waals surface area contributed by atoms with Crippen LogP contribution in [0.2, 0.25) is 0 Å². The topological polar surface area (TPSA) is 36.3 Å². The number of hydrogen-bond acceptors (Lipinski definition) is 3. The number of rotatable bonds is 5. The van der Waals surface area contributed by atoms with Crippen LogP contribution in [0.25, 0.3) is 11.0 Å². The number of fused-ring (bicyclic) bond motifs is 1. The lowest BCUT2D eigenvalue weighted by Gasteiger charge is -2.19. The first kappa shape index (κ1) is 15.0. The Hall–Kier alpha value is -1.39. The molecule has 0 aliphatic rings. The summed E-state index contributed by atoms with van der Waals surface area (Å²) in [6, 6.07) is 6.46. The van der Waals surface area contributed by atoms with Crippen molar-refractivity contribution in [1.29, 1.82) is 0 Å². The number of methoxy groups -OCH3 is 1. The lowest BCUT2D eigenvalue weighted by Crippen LogP contribution is -2.21. The van der Waals surface area contributed by atoms with Crippen LogP contribution in [0, 0.1) is 0 Å². The van der Waals surface area contributed by atoms with Crippen LogP contribution in [0.4, 0.5) is 0 Å². The van der Waals surface area contributed by atoms with Crippen molar-refractivity contribution in [1.82, 2.24) is 9.55 Å². The quantitative estimate of drug-likeness (QED) is 0.786. The van der Waals surface area contributed by atoms with Gasteiger partial charge in [0.2, 0.25) is 0 Å². The number of benzene rings is 1. The van der Waals surface area contributed by atoms with Crippen LogP contribution < -0.4 is 0 Å². The van der Waals surface area contributed by atoms with Crippen molar-refractivity contribution in [3.8, 4) is 0 Å². The molecule has 1 atom stereocenters. The van der Waals surface area contributed by atoms with E-state index in [9.17, 15) is 0 Å². The van der Waals surface area contributed by atoms with E-state index >= 15 is 0 Å². The Morgan fingerprint density at radius 1 is 1.30 bits per heavy atom. The summed E-state index contributed by atoms with van der Waals surface area (Å²) in [5, 5.41) is 0. The highest BCUT2D eigenvalue weighted by Crippen LogP contribution is 2.25. The molecule has 0 fully saturated rings. The molecule has 20 heavy (non-hydrogen) atoms. The van der Waals surface area contributed by atoms with Crippen LogP contribution in [0.15, 0.2) is 24.5 Å². The van der Waals surface area contributed by atoms with Crippen molar-refractivity contribution in [2.45, 2.75) is 45.9 Å². The van der Waals surface area contributed by atoms with Crippen LogP contribution in [0.5, 0.6) is 0 Å². The maximum atomic E-state index is 5.52. The van der Waals surface area contributed by atoms with Gasteiger partial charge in [0, 0.05) is 13.7 Å². The number of nitrogens with zero attached hydrogens (tertiary/aromatic N) is 2. The second-order valence-electron chi connectivity index (χ2n) is 5.97. The smallest absolute Gasteiger partial charge is 0.174 e. The van der Waals surface area contributed by atoms with Gasteiger partial charge in [0.05, 0.1) is 23.9 Å². The molecule has 4 nitrogen and oxygen atoms in total. The van der Waals surface area contributed by atoms with Crippen LogP contribution in [-0.4, -0.2) is 29.6 Å². The summed E-state index contributed by atoms with van der Waals surface area (Å²) < 4.78 is 12.9. The number of imidazole rings is 1. The Morgan fingerprint density at radius 3 is 2.65 bits per heavy atom. The summed E-state index contributed by atoms with van der Waals surface area (Å²) in [5.41, 5.74) is 3.56. The summed E-state index contributed by atoms with van der Waals surface area (Å²) in [7, 11) is 1.66. The molecular formula is C16H24N2O2. The molecule has 0 saturated heterocycles. The number of hydrogen-bond donors (Lipinski definition) is 0. The first-order chi connectivity index (χ1) is 9.45. The van der Waals surface area contributed by atoms with Crippen LogP contribution in [0.3, 0.4) is 0 Å². The highest BCUT2D eigenvalue weighted by Gasteiger charge is 2.16. The molecule has 0 aliphatic heterocycles. The fourth-order valence-electron chi connectivity index (χ4n) is 2.22. The third-order valence-corrected chi connectivity index (χ3v) is 3.45. The molecule has 0 radical (unpaired) electrons. The van der Waals surface area contributed by atoms with Crippen LogP contribution >= 0.6 is 0 Å². The van der Waals surface area contributed by atoms with Gasteiger partial charge < -0.3 is 14.0 Å². The summed E-state index contributed by atoms with van der Waals surface area (Å²) in [4.78, 5) is 4.49. The Morgan fingerprint density at radius 2 is 2.05 bits per heavy atom. The van der Waals surface area contributed by atoms with E-state index in [-0.39, 0.29) is 11.7 Å². The lowest BCUT2D eigenvalue weighted by molar-refractivity contribution is -0.127. The Kier molecular flexibility index (Phi) is 4.45. The van der Waals surface area contributed by atoms with Crippen LogP contribution in [0.1, 0.15) is 33.3 Å². The van der Waals surface area contributed by atoms with Gasteiger partial charge in [-0.25, -0.2) is 4.98 Å². The minimum Gasteiger partial charge on any atom is -0.354 e. The second-order valence-corrected chi connectivity index (χ2v) is 5.97. The Balaban J connectivity index is 2.29. The number of ether oxygens (including phenoxy) is 2. The van der Waals surface area contributed by atoms with Gasteiger partial charge in [-0.1, -0.05) is 26.8 Å². The average Bonchev–Trinajstić information content (AvgIpc) is 2.79. The molecule has 110 valence electrons. The third kappa shape index (κ3) is 3.19. The van der Waals surface area contributed by atoms with E-state index in [1.807, 2.05) is 13.3 Å². The van der Waals surface area contributed by atoms with Gasteiger partial charge in [0.25, 0.3) is 0 Å². The molecule has 0 aliphatic carbocycles. The van der Waals surface area contributed by atoms with Crippen molar-refractivity contribution in [2.75, 3.05) is 13.7 Å². The van der Waals surface area contributed by atoms with E-state index in [0.29, 0.717) is 13.2 Å². The minimum absolute atomic E-state index is 0.137. The van der Waals surface area contributed by atoms with Gasteiger partial charge in [-0.05, 0) is 30.0 Å². The highest BCUT2D eigenvalue weighted by molar-refractivity contribution is 5.76. The Bertz CT molecular complexity index is 569. The summed E-state index contributed by atoms with van der Waals surface area (Å²) in [5.74, 6) is 0. The van der Waals surface area contributed by atoms with Gasteiger partial charge in [-0.15, -0.1) is 0 Å². The number of aromatic nitrogens is 2. The van der Waals surface area contributed by atoms with E-state index in [0.717, 1.165) is 11.0 Å². The van der Waals surface area contributed by atoms with Gasteiger partial charge in [0.1, 0.15) is 0 Å². The fraction of sp³-hybridized carbons (Fsp3) is 0.562. The molecule has 0 spiro atoms. The Labute approximate surface area is 120 Å². The molecule has 1 unspecified atom stereocenters. The molecule has 0 amide bonds. The summed E-state index contributed by atoms with van der Waals surface area (Å²) >= 11 is 0. The van der Waals surface area contributed by atoms with Gasteiger partial charge in [-0.3, -0.25) is 0 Å².